The topological polar surface area (TPSA) is 73.2 Å². The Labute approximate surface area is 190 Å². The van der Waals surface area contributed by atoms with Crippen LogP contribution in [0.15, 0.2) is 95.8 Å². The van der Waals surface area contributed by atoms with Gasteiger partial charge in [0, 0.05) is 22.3 Å². The van der Waals surface area contributed by atoms with Crippen LogP contribution in [-0.4, -0.2) is 15.7 Å². The van der Waals surface area contributed by atoms with E-state index in [4.69, 9.17) is 16.3 Å². The molecule has 160 valence electrons. The first kappa shape index (κ1) is 21.3. The quantitative estimate of drug-likeness (QED) is 0.444. The molecule has 0 aliphatic heterocycles. The summed E-state index contributed by atoms with van der Waals surface area (Å²) in [6.07, 6.45) is 0. The zero-order chi connectivity index (χ0) is 22.3. The lowest BCUT2D eigenvalue weighted by molar-refractivity contribution is -0.117. The minimum Gasteiger partial charge on any atom is -0.489 e. The van der Waals surface area contributed by atoms with Crippen LogP contribution in [0.25, 0.3) is 11.3 Å². The molecule has 7 heteroatoms. The highest BCUT2D eigenvalue weighted by Gasteiger charge is 2.09. The number of nitrogens with zero attached hydrogens (tertiary/aromatic N) is 2. The predicted molar refractivity (Wildman–Crippen MR) is 125 cm³/mol. The van der Waals surface area contributed by atoms with E-state index in [0.29, 0.717) is 28.8 Å². The second-order valence-electron chi connectivity index (χ2n) is 7.07. The van der Waals surface area contributed by atoms with Crippen molar-refractivity contribution >= 4 is 23.2 Å². The molecule has 0 atom stereocenters. The number of carbonyl (C=O) groups is 1. The lowest BCUT2D eigenvalue weighted by Gasteiger charge is -2.10. The van der Waals surface area contributed by atoms with Gasteiger partial charge in [0.1, 0.15) is 18.9 Å². The van der Waals surface area contributed by atoms with Gasteiger partial charge in [-0.05, 0) is 48.0 Å². The van der Waals surface area contributed by atoms with E-state index in [0.717, 1.165) is 15.8 Å². The van der Waals surface area contributed by atoms with E-state index in [1.807, 2.05) is 30.3 Å². The van der Waals surface area contributed by atoms with E-state index in [1.54, 1.807) is 54.6 Å². The summed E-state index contributed by atoms with van der Waals surface area (Å²) < 4.78 is 6.89. The molecule has 3 aromatic carbocycles. The fourth-order valence-electron chi connectivity index (χ4n) is 3.05. The van der Waals surface area contributed by atoms with Gasteiger partial charge in [-0.3, -0.25) is 9.59 Å². The molecule has 0 spiro atoms. The molecule has 1 aromatic heterocycles. The summed E-state index contributed by atoms with van der Waals surface area (Å²) in [6.45, 7) is 0.262. The summed E-state index contributed by atoms with van der Waals surface area (Å²) in [7, 11) is 0. The normalized spacial score (nSPS) is 10.5. The van der Waals surface area contributed by atoms with Crippen LogP contribution in [-0.2, 0) is 17.9 Å². The van der Waals surface area contributed by atoms with E-state index in [-0.39, 0.29) is 18.0 Å². The maximum atomic E-state index is 12.5. The van der Waals surface area contributed by atoms with Crippen LogP contribution >= 0.6 is 11.6 Å². The Bertz CT molecular complexity index is 1250. The monoisotopic (exact) mass is 445 g/mol. The third kappa shape index (κ3) is 5.62. The van der Waals surface area contributed by atoms with Gasteiger partial charge in [-0.15, -0.1) is 0 Å². The summed E-state index contributed by atoms with van der Waals surface area (Å²) in [6, 6.07) is 27.0. The van der Waals surface area contributed by atoms with Crippen LogP contribution in [0.3, 0.4) is 0 Å². The zero-order valence-electron chi connectivity index (χ0n) is 17.1. The van der Waals surface area contributed by atoms with Crippen molar-refractivity contribution in [2.24, 2.45) is 0 Å². The van der Waals surface area contributed by atoms with E-state index in [9.17, 15) is 9.59 Å². The summed E-state index contributed by atoms with van der Waals surface area (Å²) >= 11 is 5.92. The number of carbonyl (C=O) groups excluding carboxylic acids is 1. The van der Waals surface area contributed by atoms with Crippen LogP contribution in [0.5, 0.6) is 5.75 Å². The van der Waals surface area contributed by atoms with Crippen molar-refractivity contribution < 1.29 is 9.53 Å². The van der Waals surface area contributed by atoms with Crippen molar-refractivity contribution in [1.82, 2.24) is 9.78 Å². The SMILES string of the molecule is O=C(Cn1nc(-c2ccc(Cl)cc2)ccc1=O)Nc1ccc(OCc2ccccc2)cc1. The molecular weight excluding hydrogens is 426 g/mol. The number of hydrogen-bond acceptors (Lipinski definition) is 4. The maximum Gasteiger partial charge on any atom is 0.267 e. The molecule has 0 radical (unpaired) electrons. The first-order chi connectivity index (χ1) is 15.6. The summed E-state index contributed by atoms with van der Waals surface area (Å²) in [5.41, 5.74) is 2.69. The van der Waals surface area contributed by atoms with Gasteiger partial charge in [-0.25, -0.2) is 4.68 Å². The Morgan fingerprint density at radius 1 is 0.906 bits per heavy atom. The molecule has 1 amide bonds. The van der Waals surface area contributed by atoms with Crippen LogP contribution in [0.1, 0.15) is 5.56 Å². The molecule has 0 aliphatic carbocycles. The molecule has 1 N–H and O–H groups in total. The van der Waals surface area contributed by atoms with Crippen LogP contribution in [0.2, 0.25) is 5.02 Å². The van der Waals surface area contributed by atoms with Gasteiger partial charge >= 0.3 is 0 Å². The summed E-state index contributed by atoms with van der Waals surface area (Å²) in [4.78, 5) is 24.6. The smallest absolute Gasteiger partial charge is 0.267 e. The fraction of sp³-hybridized carbons (Fsp3) is 0.0800. The number of anilines is 1. The number of amides is 1. The molecule has 1 heterocycles. The molecule has 6 nitrogen and oxygen atoms in total. The minimum atomic E-state index is -0.359. The van der Waals surface area contributed by atoms with E-state index >= 15 is 0 Å². The molecule has 0 unspecified atom stereocenters. The van der Waals surface area contributed by atoms with E-state index in [2.05, 4.69) is 10.4 Å². The average molecular weight is 446 g/mol. The first-order valence-corrected chi connectivity index (χ1v) is 10.4. The van der Waals surface area contributed by atoms with Crippen molar-refractivity contribution in [2.45, 2.75) is 13.2 Å². The van der Waals surface area contributed by atoms with Gasteiger partial charge in [0.15, 0.2) is 0 Å². The Kier molecular flexibility index (Phi) is 6.63. The fourth-order valence-corrected chi connectivity index (χ4v) is 3.17. The predicted octanol–water partition coefficient (Wildman–Crippen LogP) is 4.78. The van der Waals surface area contributed by atoms with Crippen molar-refractivity contribution in [3.63, 3.8) is 0 Å². The number of ether oxygens (including phenoxy) is 1. The highest BCUT2D eigenvalue weighted by Crippen LogP contribution is 2.19. The number of benzene rings is 3. The molecule has 32 heavy (non-hydrogen) atoms. The Balaban J connectivity index is 1.37. The summed E-state index contributed by atoms with van der Waals surface area (Å²) in [5, 5.41) is 7.68. The van der Waals surface area contributed by atoms with Gasteiger partial charge in [-0.2, -0.15) is 5.10 Å². The molecule has 0 fully saturated rings. The molecule has 0 saturated carbocycles. The second kappa shape index (κ2) is 9.94. The van der Waals surface area contributed by atoms with E-state index in [1.165, 1.54) is 6.07 Å². The van der Waals surface area contributed by atoms with Gasteiger partial charge < -0.3 is 10.1 Å². The molecule has 0 aliphatic rings. The number of hydrogen-bond donors (Lipinski definition) is 1. The van der Waals surface area contributed by atoms with E-state index < -0.39 is 0 Å². The van der Waals surface area contributed by atoms with Gasteiger partial charge in [0.25, 0.3) is 5.56 Å². The standard InChI is InChI=1S/C25H20ClN3O3/c26-20-8-6-19(7-9-20)23-14-15-25(31)29(28-23)16-24(30)27-21-10-12-22(13-11-21)32-17-18-4-2-1-3-5-18/h1-15H,16-17H2,(H,27,30). The second-order valence-corrected chi connectivity index (χ2v) is 7.50. The van der Waals surface area contributed by atoms with Crippen molar-refractivity contribution in [1.29, 1.82) is 0 Å². The first-order valence-electron chi connectivity index (χ1n) is 9.97. The highest BCUT2D eigenvalue weighted by atomic mass is 35.5. The maximum absolute atomic E-state index is 12.5. The highest BCUT2D eigenvalue weighted by molar-refractivity contribution is 6.30. The third-order valence-electron chi connectivity index (χ3n) is 4.69. The molecule has 0 saturated heterocycles. The van der Waals surface area contributed by atoms with Crippen LogP contribution in [0, 0.1) is 0 Å². The Morgan fingerprint density at radius 3 is 2.34 bits per heavy atom. The Hall–Kier alpha value is -3.90. The van der Waals surface area contributed by atoms with Crippen molar-refractivity contribution in [2.75, 3.05) is 5.32 Å². The molecular formula is C25H20ClN3O3. The van der Waals surface area contributed by atoms with Crippen molar-refractivity contribution in [3.05, 3.63) is 112 Å². The molecule has 0 bridgehead atoms. The van der Waals surface area contributed by atoms with Gasteiger partial charge in [-0.1, -0.05) is 54.1 Å². The largest absolute Gasteiger partial charge is 0.489 e. The summed E-state index contributed by atoms with van der Waals surface area (Å²) in [5.74, 6) is 0.339. The third-order valence-corrected chi connectivity index (χ3v) is 4.94. The van der Waals surface area contributed by atoms with Gasteiger partial charge in [0.2, 0.25) is 5.91 Å². The van der Waals surface area contributed by atoms with Crippen molar-refractivity contribution in [3.8, 4) is 17.0 Å². The minimum absolute atomic E-state index is 0.202. The van der Waals surface area contributed by atoms with Gasteiger partial charge in [0.05, 0.1) is 5.69 Å². The zero-order valence-corrected chi connectivity index (χ0v) is 17.8. The molecule has 4 rings (SSSR count). The van der Waals surface area contributed by atoms with Crippen LogP contribution in [0.4, 0.5) is 5.69 Å². The number of halogens is 1. The lowest BCUT2D eigenvalue weighted by Crippen LogP contribution is -2.29. The average Bonchev–Trinajstić information content (AvgIpc) is 2.81. The lowest BCUT2D eigenvalue weighted by atomic mass is 10.1. The number of aromatic nitrogens is 2. The van der Waals surface area contributed by atoms with Crippen LogP contribution < -0.4 is 15.6 Å². The number of nitrogens with one attached hydrogen (secondary N) is 1. The number of rotatable bonds is 7. The molecule has 4 aromatic rings. The Morgan fingerprint density at radius 2 is 1.62 bits per heavy atom.